The number of hydrogen-bond donors (Lipinski definition) is 0. The molecule has 1 aromatic heterocycles. The lowest BCUT2D eigenvalue weighted by Crippen LogP contribution is -2.42. The van der Waals surface area contributed by atoms with Gasteiger partial charge in [0.15, 0.2) is 0 Å². The number of nitrogens with zero attached hydrogens (tertiary/aromatic N) is 3. The highest BCUT2D eigenvalue weighted by Gasteiger charge is 2.27. The van der Waals surface area contributed by atoms with E-state index in [1.807, 2.05) is 14.1 Å². The molecule has 1 aliphatic rings. The zero-order valence-corrected chi connectivity index (χ0v) is 16.2. The van der Waals surface area contributed by atoms with Gasteiger partial charge in [0.05, 0.1) is 11.6 Å². The van der Waals surface area contributed by atoms with Crippen LogP contribution >= 0.6 is 11.3 Å². The number of amides is 1. The minimum atomic E-state index is 0.128. The first-order chi connectivity index (χ1) is 12.1. The molecule has 1 aromatic carbocycles. The summed E-state index contributed by atoms with van der Waals surface area (Å²) in [7, 11) is 3.69. The molecule has 0 saturated carbocycles. The topological polar surface area (TPSA) is 36.4 Å². The first-order valence-corrected chi connectivity index (χ1v) is 9.92. The van der Waals surface area contributed by atoms with E-state index in [2.05, 4.69) is 41.5 Å². The summed E-state index contributed by atoms with van der Waals surface area (Å²) in [5.74, 6) is 0.378. The van der Waals surface area contributed by atoms with Crippen molar-refractivity contribution in [2.45, 2.75) is 32.7 Å². The van der Waals surface area contributed by atoms with Gasteiger partial charge in [-0.15, -0.1) is 11.3 Å². The first-order valence-electron chi connectivity index (χ1n) is 9.04. The third-order valence-corrected chi connectivity index (χ3v) is 5.78. The predicted molar refractivity (Wildman–Crippen MR) is 104 cm³/mol. The van der Waals surface area contributed by atoms with E-state index in [4.69, 9.17) is 4.98 Å². The highest BCUT2D eigenvalue weighted by Crippen LogP contribution is 2.26. The molecular weight excluding hydrogens is 330 g/mol. The van der Waals surface area contributed by atoms with Crippen molar-refractivity contribution in [2.75, 3.05) is 27.2 Å². The summed E-state index contributed by atoms with van der Waals surface area (Å²) >= 11 is 1.70. The molecule has 4 nitrogen and oxygen atoms in total. The maximum atomic E-state index is 12.2. The standard InChI is InChI=1S/C20H27N3OS/c1-4-15-7-9-16(10-8-15)19-21-18(14-25-19)13-23-11-5-6-17(12-23)20(24)22(2)3/h7-10,14,17H,4-6,11-13H2,1-3H3. The smallest absolute Gasteiger partial charge is 0.226 e. The fourth-order valence-electron chi connectivity index (χ4n) is 3.39. The van der Waals surface area contributed by atoms with Crippen LogP contribution in [0.2, 0.25) is 0 Å². The van der Waals surface area contributed by atoms with Crippen molar-refractivity contribution in [3.8, 4) is 10.6 Å². The maximum absolute atomic E-state index is 12.2. The van der Waals surface area contributed by atoms with Gasteiger partial charge in [-0.1, -0.05) is 31.2 Å². The van der Waals surface area contributed by atoms with Crippen molar-refractivity contribution in [1.29, 1.82) is 0 Å². The van der Waals surface area contributed by atoms with Gasteiger partial charge in [0.2, 0.25) is 5.91 Å². The lowest BCUT2D eigenvalue weighted by molar-refractivity contribution is -0.134. The molecule has 3 rings (SSSR count). The van der Waals surface area contributed by atoms with Gasteiger partial charge in [-0.3, -0.25) is 9.69 Å². The summed E-state index contributed by atoms with van der Waals surface area (Å²) in [6, 6.07) is 8.68. The summed E-state index contributed by atoms with van der Waals surface area (Å²) in [6.45, 7) is 4.90. The number of benzene rings is 1. The van der Waals surface area contributed by atoms with E-state index < -0.39 is 0 Å². The van der Waals surface area contributed by atoms with Crippen molar-refractivity contribution in [3.05, 3.63) is 40.9 Å². The van der Waals surface area contributed by atoms with Crippen LogP contribution in [0.3, 0.4) is 0 Å². The predicted octanol–water partition coefficient (Wildman–Crippen LogP) is 3.67. The molecule has 0 aliphatic carbocycles. The van der Waals surface area contributed by atoms with Gasteiger partial charge in [0.1, 0.15) is 5.01 Å². The largest absolute Gasteiger partial charge is 0.349 e. The summed E-state index contributed by atoms with van der Waals surface area (Å²) in [5, 5.41) is 3.23. The second-order valence-corrected chi connectivity index (χ2v) is 7.86. The van der Waals surface area contributed by atoms with Gasteiger partial charge >= 0.3 is 0 Å². The van der Waals surface area contributed by atoms with Crippen LogP contribution in [0, 0.1) is 5.92 Å². The molecule has 1 atom stereocenters. The van der Waals surface area contributed by atoms with Crippen molar-refractivity contribution in [1.82, 2.24) is 14.8 Å². The van der Waals surface area contributed by atoms with Crippen LogP contribution < -0.4 is 0 Å². The Morgan fingerprint density at radius 2 is 2.08 bits per heavy atom. The summed E-state index contributed by atoms with van der Waals surface area (Å²) in [5.41, 5.74) is 3.65. The number of thiazole rings is 1. The third kappa shape index (κ3) is 4.47. The van der Waals surface area contributed by atoms with Crippen molar-refractivity contribution in [3.63, 3.8) is 0 Å². The van der Waals surface area contributed by atoms with E-state index >= 15 is 0 Å². The van der Waals surface area contributed by atoms with Crippen LogP contribution in [-0.4, -0.2) is 47.9 Å². The minimum absolute atomic E-state index is 0.128. The van der Waals surface area contributed by atoms with Crippen LogP contribution in [0.1, 0.15) is 31.0 Å². The molecule has 0 bridgehead atoms. The Kier molecular flexibility index (Phi) is 5.86. The molecule has 1 saturated heterocycles. The second-order valence-electron chi connectivity index (χ2n) is 7.00. The first kappa shape index (κ1) is 18.1. The van der Waals surface area contributed by atoms with Crippen LogP contribution in [0.4, 0.5) is 0 Å². The minimum Gasteiger partial charge on any atom is -0.349 e. The average Bonchev–Trinajstić information content (AvgIpc) is 3.09. The molecule has 25 heavy (non-hydrogen) atoms. The fraction of sp³-hybridized carbons (Fsp3) is 0.500. The Balaban J connectivity index is 1.63. The number of aryl methyl sites for hydroxylation is 1. The molecular formula is C20H27N3OS. The molecule has 2 aromatic rings. The molecule has 0 radical (unpaired) electrons. The molecule has 1 unspecified atom stereocenters. The molecule has 0 N–H and O–H groups in total. The second kappa shape index (κ2) is 8.11. The lowest BCUT2D eigenvalue weighted by Gasteiger charge is -2.32. The third-order valence-electron chi connectivity index (χ3n) is 4.84. The van der Waals surface area contributed by atoms with Crippen LogP contribution in [0.15, 0.2) is 29.6 Å². The van der Waals surface area contributed by atoms with Gasteiger partial charge in [-0.05, 0) is 31.4 Å². The van der Waals surface area contributed by atoms with Gasteiger partial charge in [0.25, 0.3) is 0 Å². The highest BCUT2D eigenvalue weighted by atomic mass is 32.1. The van der Waals surface area contributed by atoms with E-state index in [1.165, 1.54) is 11.1 Å². The van der Waals surface area contributed by atoms with Crippen LogP contribution in [0.25, 0.3) is 10.6 Å². The van der Waals surface area contributed by atoms with E-state index in [0.29, 0.717) is 0 Å². The maximum Gasteiger partial charge on any atom is 0.226 e. The number of rotatable bonds is 5. The summed E-state index contributed by atoms with van der Waals surface area (Å²) < 4.78 is 0. The molecule has 1 fully saturated rings. The zero-order chi connectivity index (χ0) is 17.8. The Hall–Kier alpha value is -1.72. The van der Waals surface area contributed by atoms with E-state index in [0.717, 1.165) is 49.6 Å². The Labute approximate surface area is 154 Å². The molecule has 5 heteroatoms. The SMILES string of the molecule is CCc1ccc(-c2nc(CN3CCCC(C(=O)N(C)C)C3)cs2)cc1. The average molecular weight is 358 g/mol. The Morgan fingerprint density at radius 1 is 1.32 bits per heavy atom. The van der Waals surface area contributed by atoms with Crippen LogP contribution in [-0.2, 0) is 17.8 Å². The number of carbonyl (C=O) groups is 1. The number of hydrogen-bond acceptors (Lipinski definition) is 4. The van der Waals surface area contributed by atoms with Crippen molar-refractivity contribution in [2.24, 2.45) is 5.92 Å². The van der Waals surface area contributed by atoms with Gasteiger partial charge in [-0.25, -0.2) is 4.98 Å². The molecule has 2 heterocycles. The monoisotopic (exact) mass is 357 g/mol. The molecule has 134 valence electrons. The Bertz CT molecular complexity index is 708. The van der Waals surface area contributed by atoms with E-state index in [-0.39, 0.29) is 11.8 Å². The number of likely N-dealkylation sites (tertiary alicyclic amines) is 1. The number of piperidine rings is 1. The molecule has 1 amide bonds. The van der Waals surface area contributed by atoms with Crippen molar-refractivity contribution >= 4 is 17.2 Å². The van der Waals surface area contributed by atoms with Gasteiger partial charge in [0, 0.05) is 38.1 Å². The lowest BCUT2D eigenvalue weighted by atomic mass is 9.96. The fourth-order valence-corrected chi connectivity index (χ4v) is 4.21. The number of carbonyl (C=O) groups excluding carboxylic acids is 1. The normalized spacial score (nSPS) is 18.3. The summed E-state index contributed by atoms with van der Waals surface area (Å²) in [6.07, 6.45) is 3.14. The van der Waals surface area contributed by atoms with Gasteiger partial charge < -0.3 is 4.90 Å². The quantitative estimate of drug-likeness (QED) is 0.819. The zero-order valence-electron chi connectivity index (χ0n) is 15.4. The number of aromatic nitrogens is 1. The molecule has 0 spiro atoms. The van der Waals surface area contributed by atoms with Gasteiger partial charge in [-0.2, -0.15) is 0 Å². The van der Waals surface area contributed by atoms with Crippen molar-refractivity contribution < 1.29 is 4.79 Å². The Morgan fingerprint density at radius 3 is 2.76 bits per heavy atom. The van der Waals surface area contributed by atoms with E-state index in [1.54, 1.807) is 16.2 Å². The summed E-state index contributed by atoms with van der Waals surface area (Å²) in [4.78, 5) is 21.1. The molecule has 1 aliphatic heterocycles. The van der Waals surface area contributed by atoms with Crippen LogP contribution in [0.5, 0.6) is 0 Å². The van der Waals surface area contributed by atoms with E-state index in [9.17, 15) is 4.79 Å². The highest BCUT2D eigenvalue weighted by molar-refractivity contribution is 7.13.